The van der Waals surface area contributed by atoms with Crippen LogP contribution >= 0.6 is 0 Å². The molecule has 6 nitrogen and oxygen atoms in total. The number of hydrogen-bond acceptors (Lipinski definition) is 6. The average molecular weight is 295 g/mol. The van der Waals surface area contributed by atoms with Crippen LogP contribution in [-0.2, 0) is 0 Å². The van der Waals surface area contributed by atoms with Gasteiger partial charge in [-0.15, -0.1) is 0 Å². The van der Waals surface area contributed by atoms with Gasteiger partial charge in [0.15, 0.2) is 0 Å². The van der Waals surface area contributed by atoms with E-state index in [4.69, 9.17) is 4.74 Å². The predicted octanol–water partition coefficient (Wildman–Crippen LogP) is 2.96. The highest BCUT2D eigenvalue weighted by Crippen LogP contribution is 2.15. The number of hydrogen-bond donors (Lipinski definition) is 1. The maximum atomic E-state index is 5.56. The van der Waals surface area contributed by atoms with Gasteiger partial charge in [-0.25, -0.2) is 0 Å². The number of nitrogens with zero attached hydrogens (tertiary/aromatic N) is 4. The van der Waals surface area contributed by atoms with Crippen LogP contribution in [0.1, 0.15) is 47.0 Å². The molecule has 0 radical (unpaired) electrons. The van der Waals surface area contributed by atoms with Gasteiger partial charge >= 0.3 is 6.01 Å². The Morgan fingerprint density at radius 3 is 2.52 bits per heavy atom. The van der Waals surface area contributed by atoms with Gasteiger partial charge in [-0.2, -0.15) is 15.0 Å². The summed E-state index contributed by atoms with van der Waals surface area (Å²) in [6.07, 6.45) is 3.06. The summed E-state index contributed by atoms with van der Waals surface area (Å²) in [5, 5.41) is 3.20. The van der Waals surface area contributed by atoms with Crippen molar-refractivity contribution in [3.8, 4) is 6.01 Å². The molecule has 120 valence electrons. The fourth-order valence-corrected chi connectivity index (χ4v) is 1.64. The third-order valence-electron chi connectivity index (χ3n) is 2.95. The predicted molar refractivity (Wildman–Crippen MR) is 87.1 cm³/mol. The lowest BCUT2D eigenvalue weighted by Crippen LogP contribution is -2.23. The molecule has 0 aliphatic rings. The third kappa shape index (κ3) is 6.60. The van der Waals surface area contributed by atoms with Gasteiger partial charge in [0.05, 0.1) is 6.61 Å². The molecule has 6 heteroatoms. The van der Waals surface area contributed by atoms with Crippen molar-refractivity contribution >= 4 is 11.9 Å². The van der Waals surface area contributed by atoms with Crippen LogP contribution in [-0.4, -0.2) is 41.7 Å². The second-order valence-electron chi connectivity index (χ2n) is 5.62. The highest BCUT2D eigenvalue weighted by molar-refractivity contribution is 5.37. The van der Waals surface area contributed by atoms with Crippen molar-refractivity contribution in [2.45, 2.75) is 47.0 Å². The highest BCUT2D eigenvalue weighted by Gasteiger charge is 2.11. The third-order valence-corrected chi connectivity index (χ3v) is 2.95. The first kappa shape index (κ1) is 17.5. The zero-order chi connectivity index (χ0) is 15.7. The molecule has 0 atom stereocenters. The molecule has 0 saturated heterocycles. The summed E-state index contributed by atoms with van der Waals surface area (Å²) >= 11 is 0. The number of aromatic nitrogens is 3. The molecule has 0 unspecified atom stereocenters. The molecule has 0 fully saturated rings. The van der Waals surface area contributed by atoms with E-state index in [1.165, 1.54) is 0 Å². The Morgan fingerprint density at radius 2 is 1.90 bits per heavy atom. The maximum Gasteiger partial charge on any atom is 0.323 e. The van der Waals surface area contributed by atoms with E-state index in [1.54, 1.807) is 0 Å². The lowest BCUT2D eigenvalue weighted by atomic mass is 10.1. The molecule has 0 aliphatic heterocycles. The van der Waals surface area contributed by atoms with E-state index < -0.39 is 0 Å². The second kappa shape index (κ2) is 9.37. The highest BCUT2D eigenvalue weighted by atomic mass is 16.5. The van der Waals surface area contributed by atoms with Gasteiger partial charge in [0, 0.05) is 20.1 Å². The van der Waals surface area contributed by atoms with Crippen molar-refractivity contribution in [1.29, 1.82) is 0 Å². The van der Waals surface area contributed by atoms with E-state index in [0.717, 1.165) is 32.4 Å². The maximum absolute atomic E-state index is 5.56. The zero-order valence-corrected chi connectivity index (χ0v) is 14.0. The quantitative estimate of drug-likeness (QED) is 0.716. The summed E-state index contributed by atoms with van der Waals surface area (Å²) in [4.78, 5) is 15.2. The Hall–Kier alpha value is -1.59. The molecule has 0 saturated carbocycles. The van der Waals surface area contributed by atoms with Crippen molar-refractivity contribution in [1.82, 2.24) is 15.0 Å². The molecule has 1 rings (SSSR count). The number of ether oxygens (including phenoxy) is 1. The monoisotopic (exact) mass is 295 g/mol. The minimum absolute atomic E-state index is 0.400. The minimum Gasteiger partial charge on any atom is -0.463 e. The van der Waals surface area contributed by atoms with Crippen LogP contribution in [0.3, 0.4) is 0 Å². The van der Waals surface area contributed by atoms with Gasteiger partial charge in [-0.1, -0.05) is 27.7 Å². The molecule has 0 aliphatic carbocycles. The number of nitrogens with one attached hydrogen (secondary N) is 1. The molecule has 1 aromatic heterocycles. The summed E-state index contributed by atoms with van der Waals surface area (Å²) in [5.41, 5.74) is 0. The fraction of sp³-hybridized carbons (Fsp3) is 0.800. The Labute approximate surface area is 128 Å². The molecule has 0 amide bonds. The van der Waals surface area contributed by atoms with Crippen LogP contribution in [0.4, 0.5) is 11.9 Å². The van der Waals surface area contributed by atoms with Crippen molar-refractivity contribution in [3.05, 3.63) is 0 Å². The van der Waals surface area contributed by atoms with Crippen LogP contribution in [0.25, 0.3) is 0 Å². The fourth-order valence-electron chi connectivity index (χ4n) is 1.64. The molecule has 0 spiro atoms. The van der Waals surface area contributed by atoms with Crippen molar-refractivity contribution in [3.63, 3.8) is 0 Å². The minimum atomic E-state index is 0.400. The zero-order valence-electron chi connectivity index (χ0n) is 14.0. The molecule has 1 N–H and O–H groups in total. The summed E-state index contributed by atoms with van der Waals surface area (Å²) in [7, 11) is 2.00. The molecule has 0 aromatic carbocycles. The molecule has 0 bridgehead atoms. The van der Waals surface area contributed by atoms with Gasteiger partial charge < -0.3 is 15.0 Å². The summed E-state index contributed by atoms with van der Waals surface area (Å²) < 4.78 is 5.56. The summed E-state index contributed by atoms with van der Waals surface area (Å²) in [6, 6.07) is 0.400. The van der Waals surface area contributed by atoms with E-state index in [1.807, 2.05) is 7.05 Å². The van der Waals surface area contributed by atoms with Gasteiger partial charge in [0.1, 0.15) is 0 Å². The van der Waals surface area contributed by atoms with Crippen LogP contribution < -0.4 is 15.0 Å². The van der Waals surface area contributed by atoms with E-state index >= 15 is 0 Å². The molecule has 1 aromatic rings. The molecule has 1 heterocycles. The first-order valence-electron chi connectivity index (χ1n) is 7.90. The second-order valence-corrected chi connectivity index (χ2v) is 5.62. The Balaban J connectivity index is 2.83. The van der Waals surface area contributed by atoms with Crippen molar-refractivity contribution < 1.29 is 4.74 Å². The largest absolute Gasteiger partial charge is 0.463 e. The molecular weight excluding hydrogens is 266 g/mol. The topological polar surface area (TPSA) is 63.2 Å². The molecule has 21 heavy (non-hydrogen) atoms. The van der Waals surface area contributed by atoms with Crippen LogP contribution in [0, 0.1) is 5.92 Å². The summed E-state index contributed by atoms with van der Waals surface area (Å²) in [5.74, 6) is 1.91. The molecular formula is C15H29N5O. The average Bonchev–Trinajstić information content (AvgIpc) is 2.48. The number of rotatable bonds is 10. The van der Waals surface area contributed by atoms with E-state index in [-0.39, 0.29) is 0 Å². The Morgan fingerprint density at radius 1 is 1.14 bits per heavy atom. The Bertz CT molecular complexity index is 385. The summed E-state index contributed by atoms with van der Waals surface area (Å²) in [6.45, 7) is 11.0. The first-order chi connectivity index (χ1) is 10.1. The van der Waals surface area contributed by atoms with Crippen molar-refractivity contribution in [2.75, 3.05) is 37.0 Å². The Kier molecular flexibility index (Phi) is 7.79. The van der Waals surface area contributed by atoms with Crippen LogP contribution in [0.15, 0.2) is 0 Å². The van der Waals surface area contributed by atoms with Gasteiger partial charge in [0.25, 0.3) is 0 Å². The standard InChI is InChI=1S/C15H29N5O/c1-6-9-16-13-17-14(20(5)10-8-12(3)4)19-15(18-13)21-11-7-2/h12H,6-11H2,1-5H3,(H,16,17,18,19). The van der Waals surface area contributed by atoms with Crippen molar-refractivity contribution in [2.24, 2.45) is 5.92 Å². The van der Waals surface area contributed by atoms with E-state index in [0.29, 0.717) is 30.4 Å². The SMILES string of the molecule is CCCNc1nc(OCCC)nc(N(C)CCC(C)C)n1. The lowest BCUT2D eigenvalue weighted by Gasteiger charge is -2.19. The smallest absolute Gasteiger partial charge is 0.323 e. The van der Waals surface area contributed by atoms with E-state index in [9.17, 15) is 0 Å². The van der Waals surface area contributed by atoms with Gasteiger partial charge in [-0.3, -0.25) is 0 Å². The van der Waals surface area contributed by atoms with Crippen LogP contribution in [0.2, 0.25) is 0 Å². The van der Waals surface area contributed by atoms with Crippen LogP contribution in [0.5, 0.6) is 6.01 Å². The number of anilines is 2. The normalized spacial score (nSPS) is 10.8. The van der Waals surface area contributed by atoms with Gasteiger partial charge in [0.2, 0.25) is 11.9 Å². The van der Waals surface area contributed by atoms with E-state index in [2.05, 4.69) is 52.9 Å². The lowest BCUT2D eigenvalue weighted by molar-refractivity contribution is 0.292. The first-order valence-corrected chi connectivity index (χ1v) is 7.90. The van der Waals surface area contributed by atoms with Gasteiger partial charge in [-0.05, 0) is 25.2 Å².